The highest BCUT2D eigenvalue weighted by atomic mass is 19.1. The minimum atomic E-state index is -0.842. The lowest BCUT2D eigenvalue weighted by Gasteiger charge is -2.19. The number of methoxy groups -OCH3 is 1. The number of halogens is 1. The summed E-state index contributed by atoms with van der Waals surface area (Å²) in [6.07, 6.45) is -1.22. The first-order chi connectivity index (χ1) is 9.51. The second kappa shape index (κ2) is 4.77. The Labute approximate surface area is 113 Å². The third kappa shape index (κ3) is 1.99. The number of fused-ring (bicyclic) bond motifs is 1. The van der Waals surface area contributed by atoms with Crippen molar-refractivity contribution in [1.29, 1.82) is 0 Å². The Morgan fingerprint density at radius 2 is 2.10 bits per heavy atom. The molecule has 2 fully saturated rings. The second-order valence-corrected chi connectivity index (χ2v) is 4.62. The molecule has 3 heterocycles. The lowest BCUT2D eigenvalue weighted by molar-refractivity contribution is -0.254. The molecule has 0 aromatic carbocycles. The Morgan fingerprint density at radius 3 is 2.80 bits per heavy atom. The van der Waals surface area contributed by atoms with E-state index in [0.29, 0.717) is 0 Å². The molecule has 9 heteroatoms. The van der Waals surface area contributed by atoms with Gasteiger partial charge in [-0.1, -0.05) is 0 Å². The van der Waals surface area contributed by atoms with E-state index in [9.17, 15) is 9.18 Å². The minimum absolute atomic E-state index is 0.335. The van der Waals surface area contributed by atoms with E-state index in [1.807, 2.05) is 0 Å². The number of nitrogens with two attached hydrogens (primary N) is 1. The number of hydrogen-bond acceptors (Lipinski definition) is 7. The van der Waals surface area contributed by atoms with Crippen LogP contribution in [0.5, 0.6) is 0 Å². The Balaban J connectivity index is 1.95. The van der Waals surface area contributed by atoms with Crippen LogP contribution in [0.4, 0.5) is 10.2 Å². The van der Waals surface area contributed by atoms with Gasteiger partial charge in [-0.2, -0.15) is 4.98 Å². The van der Waals surface area contributed by atoms with Crippen molar-refractivity contribution in [3.05, 3.63) is 22.5 Å². The van der Waals surface area contributed by atoms with Crippen LogP contribution in [-0.2, 0) is 18.9 Å². The van der Waals surface area contributed by atoms with E-state index >= 15 is 0 Å². The van der Waals surface area contributed by atoms with Crippen molar-refractivity contribution in [3.63, 3.8) is 0 Å². The van der Waals surface area contributed by atoms with Gasteiger partial charge in [0.2, 0.25) is 0 Å². The monoisotopic (exact) mass is 287 g/mol. The number of nitrogens with zero attached hydrogens (tertiary/aromatic N) is 2. The molecule has 0 bridgehead atoms. The quantitative estimate of drug-likeness (QED) is 0.790. The van der Waals surface area contributed by atoms with Gasteiger partial charge in [-0.05, 0) is 6.92 Å². The first kappa shape index (κ1) is 13.4. The molecular weight excluding hydrogens is 273 g/mol. The van der Waals surface area contributed by atoms with E-state index < -0.39 is 42.2 Å². The number of ether oxygens (including phenoxy) is 4. The first-order valence-electron chi connectivity index (χ1n) is 6.04. The molecule has 2 aliphatic rings. The maximum absolute atomic E-state index is 13.5. The molecule has 2 N–H and O–H groups in total. The van der Waals surface area contributed by atoms with Crippen LogP contribution < -0.4 is 11.4 Å². The van der Waals surface area contributed by atoms with Crippen molar-refractivity contribution in [2.45, 2.75) is 37.9 Å². The molecule has 20 heavy (non-hydrogen) atoms. The fraction of sp³-hybridized carbons (Fsp3) is 0.636. The molecule has 2 aliphatic heterocycles. The average molecular weight is 287 g/mol. The number of anilines is 1. The zero-order valence-corrected chi connectivity index (χ0v) is 10.9. The Kier molecular flexibility index (Phi) is 3.21. The van der Waals surface area contributed by atoms with Gasteiger partial charge in [0.25, 0.3) is 6.48 Å². The van der Waals surface area contributed by atoms with Gasteiger partial charge in [-0.3, -0.25) is 4.57 Å². The van der Waals surface area contributed by atoms with Crippen LogP contribution >= 0.6 is 0 Å². The molecule has 110 valence electrons. The summed E-state index contributed by atoms with van der Waals surface area (Å²) in [5, 5.41) is 0. The first-order valence-corrected chi connectivity index (χ1v) is 6.04. The molecule has 1 aromatic rings. The summed E-state index contributed by atoms with van der Waals surface area (Å²) in [5.74, 6) is -1.25. The molecule has 1 aromatic heterocycles. The smallest absolute Gasteiger partial charge is 0.351 e. The average Bonchev–Trinajstić information content (AvgIpc) is 2.95. The highest BCUT2D eigenvalue weighted by Crippen LogP contribution is 2.38. The van der Waals surface area contributed by atoms with E-state index in [1.165, 1.54) is 7.11 Å². The third-order valence-electron chi connectivity index (χ3n) is 3.36. The van der Waals surface area contributed by atoms with Crippen LogP contribution in [0.25, 0.3) is 0 Å². The van der Waals surface area contributed by atoms with Crippen LogP contribution in [0.2, 0.25) is 0 Å². The number of hydrogen-bond donors (Lipinski definition) is 1. The van der Waals surface area contributed by atoms with Crippen molar-refractivity contribution in [3.8, 4) is 0 Å². The van der Waals surface area contributed by atoms with Crippen molar-refractivity contribution in [2.24, 2.45) is 0 Å². The topological polar surface area (TPSA) is 97.8 Å². The van der Waals surface area contributed by atoms with Crippen molar-refractivity contribution in [2.75, 3.05) is 12.8 Å². The lowest BCUT2D eigenvalue weighted by atomic mass is 10.1. The molecule has 2 saturated heterocycles. The second-order valence-electron chi connectivity index (χ2n) is 4.62. The van der Waals surface area contributed by atoms with Crippen LogP contribution in [0, 0.1) is 5.82 Å². The van der Waals surface area contributed by atoms with Crippen LogP contribution in [0.1, 0.15) is 13.2 Å². The number of aromatic nitrogens is 2. The van der Waals surface area contributed by atoms with Crippen molar-refractivity contribution in [1.82, 2.24) is 9.55 Å². The van der Waals surface area contributed by atoms with Gasteiger partial charge >= 0.3 is 5.69 Å². The summed E-state index contributed by atoms with van der Waals surface area (Å²) in [6.45, 7) is 0.937. The zero-order chi connectivity index (χ0) is 14.4. The Hall–Kier alpha value is -1.55. The van der Waals surface area contributed by atoms with Crippen LogP contribution in [0.15, 0.2) is 11.0 Å². The summed E-state index contributed by atoms with van der Waals surface area (Å²) in [6, 6.07) is 0. The summed E-state index contributed by atoms with van der Waals surface area (Å²) in [7, 11) is 1.43. The van der Waals surface area contributed by atoms with E-state index in [2.05, 4.69) is 4.98 Å². The van der Waals surface area contributed by atoms with E-state index in [1.54, 1.807) is 6.92 Å². The zero-order valence-electron chi connectivity index (χ0n) is 10.9. The van der Waals surface area contributed by atoms with Gasteiger partial charge in [-0.25, -0.2) is 9.18 Å². The summed E-state index contributed by atoms with van der Waals surface area (Å²) >= 11 is 0. The lowest BCUT2D eigenvalue weighted by Crippen LogP contribution is -2.35. The maximum atomic E-state index is 13.5. The summed E-state index contributed by atoms with van der Waals surface area (Å²) in [5.41, 5.74) is 4.53. The van der Waals surface area contributed by atoms with Gasteiger partial charge in [0.15, 0.2) is 17.9 Å². The Bertz CT molecular complexity index is 580. The molecule has 1 unspecified atom stereocenters. The van der Waals surface area contributed by atoms with E-state index in [-0.39, 0.29) is 6.10 Å². The molecule has 0 spiro atoms. The molecule has 5 atom stereocenters. The third-order valence-corrected chi connectivity index (χ3v) is 3.36. The van der Waals surface area contributed by atoms with Crippen LogP contribution in [-0.4, -0.2) is 41.4 Å². The maximum Gasteiger partial charge on any atom is 0.351 e. The molecule has 3 rings (SSSR count). The molecule has 0 aliphatic carbocycles. The van der Waals surface area contributed by atoms with Crippen LogP contribution in [0.3, 0.4) is 0 Å². The molecule has 0 radical (unpaired) electrons. The molecular formula is C11H14FN3O5. The molecule has 0 amide bonds. The number of rotatable bonds is 2. The normalized spacial score (nSPS) is 36.2. The largest absolute Gasteiger partial charge is 0.381 e. The molecule has 0 saturated carbocycles. The summed E-state index contributed by atoms with van der Waals surface area (Å²) < 4.78 is 36.0. The van der Waals surface area contributed by atoms with Gasteiger partial charge < -0.3 is 24.7 Å². The predicted molar refractivity (Wildman–Crippen MR) is 63.0 cm³/mol. The number of nitrogen functional groups attached to an aromatic ring is 1. The minimum Gasteiger partial charge on any atom is -0.381 e. The van der Waals surface area contributed by atoms with E-state index in [4.69, 9.17) is 24.7 Å². The predicted octanol–water partition coefficient (Wildman–Crippen LogP) is -0.404. The van der Waals surface area contributed by atoms with Gasteiger partial charge in [0, 0.05) is 7.11 Å². The van der Waals surface area contributed by atoms with E-state index in [0.717, 1.165) is 10.8 Å². The van der Waals surface area contributed by atoms with Gasteiger partial charge in [0.1, 0.15) is 12.2 Å². The van der Waals surface area contributed by atoms with Gasteiger partial charge in [0.05, 0.1) is 12.3 Å². The summed E-state index contributed by atoms with van der Waals surface area (Å²) in [4.78, 5) is 15.2. The highest BCUT2D eigenvalue weighted by molar-refractivity contribution is 5.26. The van der Waals surface area contributed by atoms with Crippen molar-refractivity contribution < 1.29 is 23.3 Å². The highest BCUT2D eigenvalue weighted by Gasteiger charge is 2.52. The fourth-order valence-corrected chi connectivity index (χ4v) is 2.40. The fourth-order valence-electron chi connectivity index (χ4n) is 2.40. The van der Waals surface area contributed by atoms with Crippen molar-refractivity contribution >= 4 is 5.82 Å². The SMILES string of the molecule is COC1O[C@@H]2[C@H](O1)[C@@H](C)O[C@H]2n1cc(F)c(N)nc1=O. The molecule has 8 nitrogen and oxygen atoms in total. The Morgan fingerprint density at radius 1 is 1.40 bits per heavy atom. The van der Waals surface area contributed by atoms with Gasteiger partial charge in [-0.15, -0.1) is 0 Å². The standard InChI is InChI=1S/C11H14FN3O5/c1-4-6-7(20-11(17-2)19-6)9(18-4)15-3-5(12)8(13)14-10(15)16/h3-4,6-7,9,11H,1-2H3,(H2,13,14,16)/t4-,6-,7-,9-,11?/m1/s1.